The zero-order valence-electron chi connectivity index (χ0n) is 15.9. The summed E-state index contributed by atoms with van der Waals surface area (Å²) >= 11 is 0. The molecule has 2 aromatic carbocycles. The summed E-state index contributed by atoms with van der Waals surface area (Å²) in [7, 11) is -3.70. The summed E-state index contributed by atoms with van der Waals surface area (Å²) in [6, 6.07) is 12.9. The third kappa shape index (κ3) is 6.69. The number of rotatable bonds is 9. The van der Waals surface area contributed by atoms with Crippen LogP contribution in [0.25, 0.3) is 0 Å². The van der Waals surface area contributed by atoms with Gasteiger partial charge in [0, 0.05) is 24.4 Å². The van der Waals surface area contributed by atoms with E-state index >= 15 is 0 Å². The van der Waals surface area contributed by atoms with Gasteiger partial charge in [-0.05, 0) is 63.6 Å². The summed E-state index contributed by atoms with van der Waals surface area (Å²) in [5, 5.41) is 2.79. The number of anilines is 1. The molecule has 2 rings (SSSR count). The van der Waals surface area contributed by atoms with Gasteiger partial charge in [-0.1, -0.05) is 17.7 Å². The number of sulfonamides is 1. The number of hydrogen-bond acceptors (Lipinski definition) is 4. The molecule has 0 aliphatic carbocycles. The van der Waals surface area contributed by atoms with Crippen molar-refractivity contribution in [2.75, 3.05) is 17.9 Å². The van der Waals surface area contributed by atoms with Crippen molar-refractivity contribution in [1.82, 2.24) is 5.32 Å². The lowest BCUT2D eigenvalue weighted by atomic mass is 10.2. The minimum absolute atomic E-state index is 0.102. The molecule has 0 heterocycles. The maximum absolute atomic E-state index is 12.4. The van der Waals surface area contributed by atoms with Crippen LogP contribution in [-0.2, 0) is 14.8 Å². The van der Waals surface area contributed by atoms with Gasteiger partial charge in [-0.3, -0.25) is 9.52 Å². The van der Waals surface area contributed by atoms with Crippen LogP contribution >= 0.6 is 0 Å². The Morgan fingerprint density at radius 3 is 2.26 bits per heavy atom. The molecular weight excluding hydrogens is 364 g/mol. The number of carbonyl (C=O) groups is 1. The summed E-state index contributed by atoms with van der Waals surface area (Å²) < 4.78 is 32.8. The molecule has 7 heteroatoms. The van der Waals surface area contributed by atoms with Gasteiger partial charge < -0.3 is 10.1 Å². The Balaban J connectivity index is 1.93. The van der Waals surface area contributed by atoms with Crippen molar-refractivity contribution in [1.29, 1.82) is 0 Å². The molecule has 0 radical (unpaired) electrons. The zero-order valence-corrected chi connectivity index (χ0v) is 16.7. The maximum Gasteiger partial charge on any atom is 0.261 e. The van der Waals surface area contributed by atoms with Crippen molar-refractivity contribution in [3.05, 3.63) is 59.7 Å². The van der Waals surface area contributed by atoms with Gasteiger partial charge in [-0.25, -0.2) is 8.42 Å². The molecule has 0 spiro atoms. The fraction of sp³-hybridized carbons (Fsp3) is 0.350. The molecule has 2 aromatic rings. The van der Waals surface area contributed by atoms with E-state index in [4.69, 9.17) is 4.74 Å². The molecule has 0 bridgehead atoms. The average Bonchev–Trinajstić information content (AvgIpc) is 2.63. The number of hydrogen-bond donors (Lipinski definition) is 2. The van der Waals surface area contributed by atoms with E-state index in [1.54, 1.807) is 12.1 Å². The lowest BCUT2D eigenvalue weighted by molar-refractivity contribution is 0.0757. The number of benzene rings is 2. The molecular formula is C20H26N2O4S. The van der Waals surface area contributed by atoms with E-state index in [0.717, 1.165) is 12.0 Å². The number of aryl methyl sites for hydroxylation is 1. The first-order valence-electron chi connectivity index (χ1n) is 8.87. The molecule has 0 aliphatic heterocycles. The van der Waals surface area contributed by atoms with Crippen LogP contribution in [0.2, 0.25) is 0 Å². The molecule has 0 atom stereocenters. The van der Waals surface area contributed by atoms with Crippen molar-refractivity contribution < 1.29 is 17.9 Å². The van der Waals surface area contributed by atoms with Crippen LogP contribution in [0.4, 0.5) is 5.69 Å². The van der Waals surface area contributed by atoms with E-state index in [1.165, 1.54) is 24.3 Å². The smallest absolute Gasteiger partial charge is 0.261 e. The van der Waals surface area contributed by atoms with E-state index < -0.39 is 10.0 Å². The van der Waals surface area contributed by atoms with Gasteiger partial charge >= 0.3 is 0 Å². The maximum atomic E-state index is 12.4. The second kappa shape index (κ2) is 9.53. The molecule has 0 aromatic heterocycles. The summed E-state index contributed by atoms with van der Waals surface area (Å²) in [5.41, 5.74) is 1.95. The fourth-order valence-electron chi connectivity index (χ4n) is 2.32. The van der Waals surface area contributed by atoms with E-state index in [1.807, 2.05) is 32.9 Å². The highest BCUT2D eigenvalue weighted by atomic mass is 32.2. The second-order valence-corrected chi connectivity index (χ2v) is 8.21. The quantitative estimate of drug-likeness (QED) is 0.643. The Morgan fingerprint density at radius 1 is 1.04 bits per heavy atom. The minimum atomic E-state index is -3.70. The molecule has 146 valence electrons. The summed E-state index contributed by atoms with van der Waals surface area (Å²) in [6.07, 6.45) is 0.889. The number of nitrogens with one attached hydrogen (secondary N) is 2. The van der Waals surface area contributed by atoms with Gasteiger partial charge in [0.2, 0.25) is 0 Å². The van der Waals surface area contributed by atoms with Crippen molar-refractivity contribution in [3.63, 3.8) is 0 Å². The molecule has 0 aliphatic rings. The van der Waals surface area contributed by atoms with Gasteiger partial charge in [-0.15, -0.1) is 0 Å². The Kier molecular flexibility index (Phi) is 7.38. The SMILES string of the molecule is Cc1ccc(NS(=O)(=O)c2ccc(C(=O)NCCCOC(C)C)cc2)cc1. The molecule has 6 nitrogen and oxygen atoms in total. The molecule has 2 N–H and O–H groups in total. The second-order valence-electron chi connectivity index (χ2n) is 6.52. The number of amides is 1. The Labute approximate surface area is 161 Å². The van der Waals surface area contributed by atoms with E-state index in [9.17, 15) is 13.2 Å². The van der Waals surface area contributed by atoms with Crippen LogP contribution in [0.5, 0.6) is 0 Å². The first-order chi connectivity index (χ1) is 12.8. The monoisotopic (exact) mass is 390 g/mol. The summed E-state index contributed by atoms with van der Waals surface area (Å²) in [4.78, 5) is 12.2. The first-order valence-corrected chi connectivity index (χ1v) is 10.4. The molecule has 1 amide bonds. The van der Waals surface area contributed by atoms with E-state index in [-0.39, 0.29) is 16.9 Å². The highest BCUT2D eigenvalue weighted by molar-refractivity contribution is 7.92. The van der Waals surface area contributed by atoms with Gasteiger partial charge in [0.05, 0.1) is 11.0 Å². The third-order valence-electron chi connectivity index (χ3n) is 3.79. The van der Waals surface area contributed by atoms with Crippen molar-refractivity contribution in [2.45, 2.75) is 38.2 Å². The van der Waals surface area contributed by atoms with Crippen LogP contribution in [0.1, 0.15) is 36.2 Å². The first kappa shape index (κ1) is 20.9. The largest absolute Gasteiger partial charge is 0.379 e. The van der Waals surface area contributed by atoms with Gasteiger partial charge in [0.25, 0.3) is 15.9 Å². The highest BCUT2D eigenvalue weighted by Crippen LogP contribution is 2.17. The minimum Gasteiger partial charge on any atom is -0.379 e. The molecule has 0 saturated heterocycles. The van der Waals surface area contributed by atoms with Crippen LogP contribution < -0.4 is 10.0 Å². The van der Waals surface area contributed by atoms with E-state index in [0.29, 0.717) is 24.4 Å². The van der Waals surface area contributed by atoms with Crippen molar-refractivity contribution in [2.24, 2.45) is 0 Å². The van der Waals surface area contributed by atoms with Crippen molar-refractivity contribution >= 4 is 21.6 Å². The lowest BCUT2D eigenvalue weighted by Gasteiger charge is -2.10. The van der Waals surface area contributed by atoms with Gasteiger partial charge in [0.1, 0.15) is 0 Å². The highest BCUT2D eigenvalue weighted by Gasteiger charge is 2.15. The standard InChI is InChI=1S/C20H26N2O4S/c1-15(2)26-14-4-13-21-20(23)17-7-11-19(12-8-17)27(24,25)22-18-9-5-16(3)6-10-18/h5-12,15,22H,4,13-14H2,1-3H3,(H,21,23). The molecule has 0 unspecified atom stereocenters. The molecule has 0 fully saturated rings. The topological polar surface area (TPSA) is 84.5 Å². The van der Waals surface area contributed by atoms with Gasteiger partial charge in [-0.2, -0.15) is 0 Å². The Bertz CT molecular complexity index is 845. The normalized spacial score (nSPS) is 11.4. The van der Waals surface area contributed by atoms with Crippen LogP contribution in [0.15, 0.2) is 53.4 Å². The number of ether oxygens (including phenoxy) is 1. The third-order valence-corrected chi connectivity index (χ3v) is 5.19. The number of carbonyl (C=O) groups excluding carboxylic acids is 1. The van der Waals surface area contributed by atoms with Crippen molar-refractivity contribution in [3.8, 4) is 0 Å². The summed E-state index contributed by atoms with van der Waals surface area (Å²) in [6.45, 7) is 6.93. The average molecular weight is 391 g/mol. The Hall–Kier alpha value is -2.38. The van der Waals surface area contributed by atoms with Crippen LogP contribution in [-0.4, -0.2) is 33.6 Å². The van der Waals surface area contributed by atoms with Crippen LogP contribution in [0.3, 0.4) is 0 Å². The van der Waals surface area contributed by atoms with E-state index in [2.05, 4.69) is 10.0 Å². The summed E-state index contributed by atoms with van der Waals surface area (Å²) in [5.74, 6) is -0.241. The van der Waals surface area contributed by atoms with Crippen LogP contribution in [0, 0.1) is 6.92 Å². The van der Waals surface area contributed by atoms with Gasteiger partial charge in [0.15, 0.2) is 0 Å². The predicted molar refractivity (Wildman–Crippen MR) is 106 cm³/mol. The molecule has 27 heavy (non-hydrogen) atoms. The Morgan fingerprint density at radius 2 is 1.67 bits per heavy atom. The fourth-order valence-corrected chi connectivity index (χ4v) is 3.37. The predicted octanol–water partition coefficient (Wildman–Crippen LogP) is 3.34. The molecule has 0 saturated carbocycles. The lowest BCUT2D eigenvalue weighted by Crippen LogP contribution is -2.25. The zero-order chi connectivity index (χ0) is 19.9.